The zero-order valence-electron chi connectivity index (χ0n) is 11.9. The first-order valence-corrected chi connectivity index (χ1v) is 7.33. The first-order valence-electron chi connectivity index (χ1n) is 6.96. The van der Waals surface area contributed by atoms with Gasteiger partial charge in [0.25, 0.3) is 5.91 Å². The highest BCUT2D eigenvalue weighted by Crippen LogP contribution is 2.42. The molecule has 7 heteroatoms. The quantitative estimate of drug-likeness (QED) is 0.631. The summed E-state index contributed by atoms with van der Waals surface area (Å²) in [6.07, 6.45) is 4.18. The van der Waals surface area contributed by atoms with E-state index in [1.54, 1.807) is 18.6 Å². The van der Waals surface area contributed by atoms with Gasteiger partial charge in [-0.25, -0.2) is 4.98 Å². The molecule has 0 radical (unpaired) electrons. The summed E-state index contributed by atoms with van der Waals surface area (Å²) in [4.78, 5) is 23.7. The number of oxime groups is 1. The lowest BCUT2D eigenvalue weighted by Gasteiger charge is -2.39. The lowest BCUT2D eigenvalue weighted by atomic mass is 9.98. The van der Waals surface area contributed by atoms with Gasteiger partial charge >= 0.3 is 0 Å². The van der Waals surface area contributed by atoms with Gasteiger partial charge < -0.3 is 9.74 Å². The molecule has 2 aliphatic heterocycles. The molecular weight excluding hydrogens is 304 g/mol. The second kappa shape index (κ2) is 4.84. The topological polar surface area (TPSA) is 59.7 Å². The average Bonchev–Trinajstić information content (AvgIpc) is 2.84. The van der Waals surface area contributed by atoms with E-state index in [-0.39, 0.29) is 11.9 Å². The van der Waals surface area contributed by atoms with Crippen molar-refractivity contribution >= 4 is 23.7 Å². The van der Waals surface area contributed by atoms with E-state index in [2.05, 4.69) is 10.1 Å². The van der Waals surface area contributed by atoms with Crippen molar-refractivity contribution in [3.63, 3.8) is 0 Å². The second-order valence-electron chi connectivity index (χ2n) is 5.24. The molecule has 1 saturated heterocycles. The van der Waals surface area contributed by atoms with Crippen LogP contribution in [0.2, 0.25) is 5.02 Å². The minimum Gasteiger partial charge on any atom is -0.399 e. The van der Waals surface area contributed by atoms with Crippen LogP contribution in [0, 0.1) is 0 Å². The van der Waals surface area contributed by atoms with Crippen LogP contribution in [0.1, 0.15) is 34.2 Å². The summed E-state index contributed by atoms with van der Waals surface area (Å²) in [6, 6.07) is 5.45. The van der Waals surface area contributed by atoms with Crippen molar-refractivity contribution in [2.75, 3.05) is 13.7 Å². The summed E-state index contributed by atoms with van der Waals surface area (Å²) in [5.41, 5.74) is 2.94. The van der Waals surface area contributed by atoms with Gasteiger partial charge in [-0.05, 0) is 18.6 Å². The summed E-state index contributed by atoms with van der Waals surface area (Å²) in [5.74, 6) is -0.0322. The number of imidazole rings is 1. The standard InChI is InChI=1S/C15H13ClN4O2/c1-22-18-7-10-14-12-5-6-19(12)15(21)13-9(16)3-2-4-11(13)20(14)8-17-10/h2-4,7-8,12H,5-6H2,1H3/t12-/m0/s1. The van der Waals surface area contributed by atoms with Gasteiger partial charge in [-0.2, -0.15) is 0 Å². The third-order valence-corrected chi connectivity index (χ3v) is 4.49. The molecule has 1 fully saturated rings. The SMILES string of the molecule is CON=Cc1ncn2c1[C@@H]1CCN1C(=O)c1c(Cl)cccc1-2. The highest BCUT2D eigenvalue weighted by molar-refractivity contribution is 6.34. The maximum atomic E-state index is 12.8. The summed E-state index contributed by atoms with van der Waals surface area (Å²) >= 11 is 6.28. The molecule has 0 spiro atoms. The van der Waals surface area contributed by atoms with Crippen molar-refractivity contribution in [3.05, 3.63) is 46.5 Å². The van der Waals surface area contributed by atoms with Crippen molar-refractivity contribution in [1.82, 2.24) is 14.5 Å². The molecule has 112 valence electrons. The molecule has 0 saturated carbocycles. The highest BCUT2D eigenvalue weighted by atomic mass is 35.5. The van der Waals surface area contributed by atoms with Crippen LogP contribution in [0.25, 0.3) is 5.69 Å². The number of carbonyl (C=O) groups excluding carboxylic acids is 1. The summed E-state index contributed by atoms with van der Waals surface area (Å²) in [7, 11) is 1.49. The Morgan fingerprint density at radius 2 is 2.36 bits per heavy atom. The lowest BCUT2D eigenvalue weighted by Crippen LogP contribution is -2.44. The molecule has 3 heterocycles. The van der Waals surface area contributed by atoms with E-state index >= 15 is 0 Å². The molecule has 2 aromatic rings. The number of amides is 1. The molecule has 0 bridgehead atoms. The Morgan fingerprint density at radius 1 is 1.50 bits per heavy atom. The van der Waals surface area contributed by atoms with Gasteiger partial charge in [-0.15, -0.1) is 0 Å². The molecule has 1 amide bonds. The maximum Gasteiger partial charge on any atom is 0.258 e. The number of halogens is 1. The van der Waals surface area contributed by atoms with Crippen molar-refractivity contribution in [2.45, 2.75) is 12.5 Å². The largest absolute Gasteiger partial charge is 0.399 e. The molecule has 4 rings (SSSR count). The molecule has 1 aromatic carbocycles. The predicted molar refractivity (Wildman–Crippen MR) is 81.6 cm³/mol. The first-order chi connectivity index (χ1) is 10.7. The fraction of sp³-hybridized carbons (Fsp3) is 0.267. The van der Waals surface area contributed by atoms with Crippen LogP contribution in [0.15, 0.2) is 29.7 Å². The number of carbonyl (C=O) groups is 1. The van der Waals surface area contributed by atoms with Gasteiger partial charge in [-0.1, -0.05) is 22.8 Å². The second-order valence-corrected chi connectivity index (χ2v) is 5.65. The van der Waals surface area contributed by atoms with Crippen LogP contribution in [0.3, 0.4) is 0 Å². The van der Waals surface area contributed by atoms with Gasteiger partial charge in [-0.3, -0.25) is 9.36 Å². The molecule has 2 aliphatic rings. The number of fused-ring (bicyclic) bond motifs is 5. The van der Waals surface area contributed by atoms with Crippen LogP contribution < -0.4 is 0 Å². The average molecular weight is 317 g/mol. The van der Waals surface area contributed by atoms with Crippen molar-refractivity contribution in [2.24, 2.45) is 5.16 Å². The summed E-state index contributed by atoms with van der Waals surface area (Å²) in [6.45, 7) is 0.722. The van der Waals surface area contributed by atoms with E-state index in [0.717, 1.165) is 24.3 Å². The van der Waals surface area contributed by atoms with Crippen LogP contribution in [0.5, 0.6) is 0 Å². The molecule has 22 heavy (non-hydrogen) atoms. The number of hydrogen-bond donors (Lipinski definition) is 0. The van der Waals surface area contributed by atoms with E-state index in [1.807, 2.05) is 21.6 Å². The Bertz CT molecular complexity index is 799. The normalized spacial score (nSPS) is 19.3. The summed E-state index contributed by atoms with van der Waals surface area (Å²) < 4.78 is 1.93. The van der Waals surface area contributed by atoms with E-state index in [9.17, 15) is 4.79 Å². The van der Waals surface area contributed by atoms with Crippen LogP contribution in [-0.4, -0.2) is 40.2 Å². The zero-order chi connectivity index (χ0) is 15.3. The van der Waals surface area contributed by atoms with Gasteiger partial charge in [0.15, 0.2) is 0 Å². The number of rotatable bonds is 2. The van der Waals surface area contributed by atoms with Crippen LogP contribution in [-0.2, 0) is 4.84 Å². The molecule has 0 unspecified atom stereocenters. The molecule has 1 aromatic heterocycles. The number of hydrogen-bond acceptors (Lipinski definition) is 4. The van der Waals surface area contributed by atoms with Crippen molar-refractivity contribution in [1.29, 1.82) is 0 Å². The van der Waals surface area contributed by atoms with Crippen molar-refractivity contribution < 1.29 is 9.63 Å². The Balaban J connectivity index is 1.99. The van der Waals surface area contributed by atoms with Crippen LogP contribution >= 0.6 is 11.6 Å². The molecule has 0 aliphatic carbocycles. The third-order valence-electron chi connectivity index (χ3n) is 4.18. The maximum absolute atomic E-state index is 12.8. The number of nitrogens with zero attached hydrogens (tertiary/aromatic N) is 4. The third kappa shape index (κ3) is 1.70. The molecular formula is C15H13ClN4O2. The monoisotopic (exact) mass is 316 g/mol. The van der Waals surface area contributed by atoms with E-state index in [0.29, 0.717) is 16.3 Å². The Morgan fingerprint density at radius 3 is 3.09 bits per heavy atom. The summed E-state index contributed by atoms with van der Waals surface area (Å²) in [5, 5.41) is 4.26. The van der Waals surface area contributed by atoms with Crippen LogP contribution in [0.4, 0.5) is 0 Å². The highest BCUT2D eigenvalue weighted by Gasteiger charge is 2.42. The van der Waals surface area contributed by atoms with Crippen molar-refractivity contribution in [3.8, 4) is 5.69 Å². The molecule has 6 nitrogen and oxygen atoms in total. The van der Waals surface area contributed by atoms with Gasteiger partial charge in [0, 0.05) is 6.54 Å². The molecule has 0 N–H and O–H groups in total. The van der Waals surface area contributed by atoms with Gasteiger partial charge in [0.05, 0.1) is 34.2 Å². The van der Waals surface area contributed by atoms with E-state index < -0.39 is 0 Å². The van der Waals surface area contributed by atoms with E-state index in [4.69, 9.17) is 16.4 Å². The Hall–Kier alpha value is -2.34. The zero-order valence-corrected chi connectivity index (χ0v) is 12.6. The Labute approximate surface area is 131 Å². The predicted octanol–water partition coefficient (Wildman–Crippen LogP) is 2.41. The van der Waals surface area contributed by atoms with E-state index in [1.165, 1.54) is 7.11 Å². The fourth-order valence-electron chi connectivity index (χ4n) is 3.08. The smallest absolute Gasteiger partial charge is 0.258 e. The Kier molecular flexibility index (Phi) is 2.94. The minimum absolute atomic E-state index is 0.00299. The molecule has 1 atom stereocenters. The fourth-order valence-corrected chi connectivity index (χ4v) is 3.33. The minimum atomic E-state index is -0.0322. The van der Waals surface area contributed by atoms with Gasteiger partial charge in [0.1, 0.15) is 19.1 Å². The number of benzene rings is 1. The lowest BCUT2D eigenvalue weighted by molar-refractivity contribution is 0.0460. The first kappa shape index (κ1) is 13.3. The number of aromatic nitrogens is 2. The van der Waals surface area contributed by atoms with Gasteiger partial charge in [0.2, 0.25) is 0 Å².